The van der Waals surface area contributed by atoms with Gasteiger partial charge in [-0.3, -0.25) is 0 Å². The normalized spacial score (nSPS) is 11.3. The SMILES string of the molecule is COC(Cc1ccc(C#CCCCOc2ccc(-c3ccccc3)cc2)cc1)C(=O)O. The van der Waals surface area contributed by atoms with Crippen LogP contribution in [0.15, 0.2) is 78.9 Å². The van der Waals surface area contributed by atoms with Gasteiger partial charge < -0.3 is 14.6 Å². The highest BCUT2D eigenvalue weighted by Crippen LogP contribution is 2.22. The van der Waals surface area contributed by atoms with Gasteiger partial charge in [-0.15, -0.1) is 0 Å². The van der Waals surface area contributed by atoms with E-state index in [1.54, 1.807) is 0 Å². The standard InChI is InChI=1S/C27H26O4/c1-30-26(27(28)29)20-22-13-11-21(12-14-22)8-4-3-7-19-31-25-17-15-24(16-18-25)23-9-5-2-6-10-23/h2,5-6,9-18,26H,3,7,19-20H2,1H3,(H,28,29). The molecule has 0 saturated carbocycles. The quantitative estimate of drug-likeness (QED) is 0.386. The molecule has 0 saturated heterocycles. The van der Waals surface area contributed by atoms with E-state index in [4.69, 9.17) is 14.6 Å². The Labute approximate surface area is 183 Å². The lowest BCUT2D eigenvalue weighted by Gasteiger charge is -2.10. The lowest BCUT2D eigenvalue weighted by atomic mass is 10.1. The van der Waals surface area contributed by atoms with E-state index in [0.717, 1.165) is 29.7 Å². The molecule has 1 N–H and O–H groups in total. The van der Waals surface area contributed by atoms with Crippen LogP contribution in [0.5, 0.6) is 5.75 Å². The second-order valence-electron chi connectivity index (χ2n) is 7.11. The summed E-state index contributed by atoms with van der Waals surface area (Å²) >= 11 is 0. The van der Waals surface area contributed by atoms with Gasteiger partial charge in [0.25, 0.3) is 0 Å². The van der Waals surface area contributed by atoms with E-state index < -0.39 is 12.1 Å². The topological polar surface area (TPSA) is 55.8 Å². The number of methoxy groups -OCH3 is 1. The average molecular weight is 415 g/mol. The molecule has 0 radical (unpaired) electrons. The summed E-state index contributed by atoms with van der Waals surface area (Å²) < 4.78 is 10.8. The van der Waals surface area contributed by atoms with Crippen LogP contribution in [0.3, 0.4) is 0 Å². The van der Waals surface area contributed by atoms with Crippen molar-refractivity contribution >= 4 is 5.97 Å². The van der Waals surface area contributed by atoms with Gasteiger partial charge >= 0.3 is 5.97 Å². The smallest absolute Gasteiger partial charge is 0.333 e. The van der Waals surface area contributed by atoms with Gasteiger partial charge in [-0.1, -0.05) is 66.4 Å². The summed E-state index contributed by atoms with van der Waals surface area (Å²) in [5, 5.41) is 9.05. The lowest BCUT2D eigenvalue weighted by Crippen LogP contribution is -2.24. The zero-order valence-electron chi connectivity index (χ0n) is 17.6. The van der Waals surface area contributed by atoms with Gasteiger partial charge in [0.1, 0.15) is 5.75 Å². The minimum atomic E-state index is -0.958. The molecule has 0 fully saturated rings. The van der Waals surface area contributed by atoms with E-state index in [0.29, 0.717) is 13.0 Å². The van der Waals surface area contributed by atoms with Crippen molar-refractivity contribution in [1.82, 2.24) is 0 Å². The molecule has 0 aliphatic rings. The molecule has 0 aromatic heterocycles. The van der Waals surface area contributed by atoms with E-state index >= 15 is 0 Å². The Kier molecular flexibility index (Phi) is 8.28. The third-order valence-electron chi connectivity index (χ3n) is 4.84. The summed E-state index contributed by atoms with van der Waals surface area (Å²) in [7, 11) is 1.40. The molecule has 31 heavy (non-hydrogen) atoms. The number of rotatable bonds is 9. The maximum atomic E-state index is 11.0. The van der Waals surface area contributed by atoms with Crippen LogP contribution in [0.1, 0.15) is 24.0 Å². The van der Waals surface area contributed by atoms with Crippen molar-refractivity contribution in [3.05, 3.63) is 90.0 Å². The first-order chi connectivity index (χ1) is 15.2. The third kappa shape index (κ3) is 7.02. The molecular weight excluding hydrogens is 388 g/mol. The minimum absolute atomic E-state index is 0.337. The van der Waals surface area contributed by atoms with Crippen molar-refractivity contribution < 1.29 is 19.4 Å². The Bertz CT molecular complexity index is 1010. The number of unbranched alkanes of at least 4 members (excludes halogenated alkanes) is 1. The molecule has 4 heteroatoms. The molecular formula is C27H26O4. The summed E-state index contributed by atoms with van der Waals surface area (Å²) in [6.45, 7) is 0.617. The molecule has 0 heterocycles. The van der Waals surface area contributed by atoms with Crippen molar-refractivity contribution in [1.29, 1.82) is 0 Å². The zero-order valence-corrected chi connectivity index (χ0v) is 17.6. The fraction of sp³-hybridized carbons (Fsp3) is 0.222. The van der Waals surface area contributed by atoms with Crippen molar-refractivity contribution in [3.8, 4) is 28.7 Å². The molecule has 0 spiro atoms. The zero-order chi connectivity index (χ0) is 21.9. The highest BCUT2D eigenvalue weighted by molar-refractivity contribution is 5.72. The van der Waals surface area contributed by atoms with Gasteiger partial charge in [-0.05, 0) is 47.4 Å². The number of carbonyl (C=O) groups is 1. The molecule has 3 aromatic carbocycles. The average Bonchev–Trinajstić information content (AvgIpc) is 2.81. The number of aliphatic carboxylic acids is 1. The van der Waals surface area contributed by atoms with Gasteiger partial charge in [-0.25, -0.2) is 4.79 Å². The summed E-state index contributed by atoms with van der Waals surface area (Å²) in [6, 6.07) is 26.0. The number of hydrogen-bond donors (Lipinski definition) is 1. The van der Waals surface area contributed by atoms with Gasteiger partial charge in [-0.2, -0.15) is 0 Å². The fourth-order valence-electron chi connectivity index (χ4n) is 3.10. The second kappa shape index (κ2) is 11.6. The van der Waals surface area contributed by atoms with Crippen molar-refractivity contribution in [2.24, 2.45) is 0 Å². The molecule has 0 amide bonds. The Hall–Kier alpha value is -3.55. The summed E-state index contributed by atoms with van der Waals surface area (Å²) in [5.41, 5.74) is 4.18. The summed E-state index contributed by atoms with van der Waals surface area (Å²) in [5.74, 6) is 6.19. The van der Waals surface area contributed by atoms with E-state index in [2.05, 4.69) is 36.1 Å². The van der Waals surface area contributed by atoms with E-state index in [-0.39, 0.29) is 0 Å². The molecule has 3 rings (SSSR count). The monoisotopic (exact) mass is 414 g/mol. The van der Waals surface area contributed by atoms with E-state index in [9.17, 15) is 4.79 Å². The maximum Gasteiger partial charge on any atom is 0.333 e. The molecule has 0 aliphatic heterocycles. The van der Waals surface area contributed by atoms with Crippen LogP contribution in [0, 0.1) is 11.8 Å². The second-order valence-corrected chi connectivity index (χ2v) is 7.11. The Morgan fingerprint density at radius 1 is 0.935 bits per heavy atom. The highest BCUT2D eigenvalue weighted by atomic mass is 16.5. The molecule has 0 aliphatic carbocycles. The molecule has 158 valence electrons. The van der Waals surface area contributed by atoms with E-state index in [1.807, 2.05) is 54.6 Å². The molecule has 4 nitrogen and oxygen atoms in total. The van der Waals surface area contributed by atoms with Crippen LogP contribution in [-0.4, -0.2) is 30.9 Å². The molecule has 3 aromatic rings. The fourth-order valence-corrected chi connectivity index (χ4v) is 3.10. The Balaban J connectivity index is 1.40. The van der Waals surface area contributed by atoms with Gasteiger partial charge in [0, 0.05) is 25.5 Å². The van der Waals surface area contributed by atoms with Crippen molar-refractivity contribution in [2.75, 3.05) is 13.7 Å². The number of hydrogen-bond acceptors (Lipinski definition) is 3. The first-order valence-electron chi connectivity index (χ1n) is 10.3. The molecule has 0 bridgehead atoms. The first kappa shape index (κ1) is 22.1. The van der Waals surface area contributed by atoms with Crippen LogP contribution < -0.4 is 4.74 Å². The largest absolute Gasteiger partial charge is 0.494 e. The van der Waals surface area contributed by atoms with Crippen LogP contribution in [0.25, 0.3) is 11.1 Å². The maximum absolute atomic E-state index is 11.0. The number of carboxylic acid groups (broad SMARTS) is 1. The van der Waals surface area contributed by atoms with Crippen LogP contribution in [-0.2, 0) is 16.0 Å². The number of ether oxygens (including phenoxy) is 2. The van der Waals surface area contributed by atoms with Gasteiger partial charge in [0.2, 0.25) is 0 Å². The number of carboxylic acids is 1. The van der Waals surface area contributed by atoms with Crippen LogP contribution in [0.2, 0.25) is 0 Å². The van der Waals surface area contributed by atoms with E-state index in [1.165, 1.54) is 18.2 Å². The van der Waals surface area contributed by atoms with Crippen molar-refractivity contribution in [3.63, 3.8) is 0 Å². The first-order valence-corrected chi connectivity index (χ1v) is 10.3. The van der Waals surface area contributed by atoms with Gasteiger partial charge in [0.15, 0.2) is 6.10 Å². The number of benzene rings is 3. The predicted octanol–water partition coefficient (Wildman–Crippen LogP) is 5.21. The molecule has 1 unspecified atom stereocenters. The third-order valence-corrected chi connectivity index (χ3v) is 4.84. The summed E-state index contributed by atoms with van der Waals surface area (Å²) in [6.07, 6.45) is 1.10. The summed E-state index contributed by atoms with van der Waals surface area (Å²) in [4.78, 5) is 11.0. The van der Waals surface area contributed by atoms with Crippen molar-refractivity contribution in [2.45, 2.75) is 25.4 Å². The predicted molar refractivity (Wildman–Crippen MR) is 122 cm³/mol. The Morgan fingerprint density at radius 3 is 2.26 bits per heavy atom. The Morgan fingerprint density at radius 2 is 1.61 bits per heavy atom. The van der Waals surface area contributed by atoms with Crippen LogP contribution in [0.4, 0.5) is 0 Å². The van der Waals surface area contributed by atoms with Crippen LogP contribution >= 0.6 is 0 Å². The highest BCUT2D eigenvalue weighted by Gasteiger charge is 2.16. The molecule has 1 atom stereocenters. The lowest BCUT2D eigenvalue weighted by molar-refractivity contribution is -0.148. The van der Waals surface area contributed by atoms with Gasteiger partial charge in [0.05, 0.1) is 6.61 Å². The minimum Gasteiger partial charge on any atom is -0.494 e.